The molecule has 0 spiro atoms. The van der Waals surface area contributed by atoms with E-state index in [1.807, 2.05) is 31.2 Å². The maximum atomic E-state index is 13.0. The fourth-order valence-electron chi connectivity index (χ4n) is 2.89. The Kier molecular flexibility index (Phi) is 5.40. The molecule has 150 valence electrons. The second-order valence-corrected chi connectivity index (χ2v) is 7.56. The molecular weight excluding hydrogens is 400 g/mol. The Labute approximate surface area is 176 Å². The number of aromatic nitrogens is 2. The van der Waals surface area contributed by atoms with Crippen molar-refractivity contribution in [2.24, 2.45) is 0 Å². The van der Waals surface area contributed by atoms with Crippen molar-refractivity contribution >= 4 is 44.2 Å². The fourth-order valence-corrected chi connectivity index (χ4v) is 3.78. The van der Waals surface area contributed by atoms with Gasteiger partial charge in [-0.3, -0.25) is 19.9 Å². The highest BCUT2D eigenvalue weighted by Crippen LogP contribution is 2.30. The van der Waals surface area contributed by atoms with E-state index in [1.54, 1.807) is 43.6 Å². The molecule has 2 N–H and O–H groups in total. The number of aryl methyl sites for hydroxylation is 1. The number of amides is 2. The van der Waals surface area contributed by atoms with Crippen molar-refractivity contribution in [3.63, 3.8) is 0 Å². The first-order valence-corrected chi connectivity index (χ1v) is 9.94. The van der Waals surface area contributed by atoms with Crippen molar-refractivity contribution < 1.29 is 14.3 Å². The molecule has 0 radical (unpaired) electrons. The molecule has 0 atom stereocenters. The summed E-state index contributed by atoms with van der Waals surface area (Å²) in [5.41, 5.74) is 2.67. The number of ether oxygens (including phenoxy) is 1. The van der Waals surface area contributed by atoms with E-state index in [0.717, 1.165) is 21.5 Å². The highest BCUT2D eigenvalue weighted by Gasteiger charge is 2.17. The number of carbonyl (C=O) groups is 2. The van der Waals surface area contributed by atoms with Gasteiger partial charge in [0.25, 0.3) is 11.8 Å². The second-order valence-electron chi connectivity index (χ2n) is 6.52. The van der Waals surface area contributed by atoms with Gasteiger partial charge in [0.05, 0.1) is 28.6 Å². The summed E-state index contributed by atoms with van der Waals surface area (Å²) < 4.78 is 6.13. The predicted molar refractivity (Wildman–Crippen MR) is 117 cm³/mol. The van der Waals surface area contributed by atoms with Crippen LogP contribution in [-0.4, -0.2) is 28.9 Å². The Balaban J connectivity index is 1.59. The van der Waals surface area contributed by atoms with Crippen LogP contribution < -0.4 is 15.4 Å². The lowest BCUT2D eigenvalue weighted by Crippen LogP contribution is -2.19. The highest BCUT2D eigenvalue weighted by atomic mass is 32.1. The minimum Gasteiger partial charge on any atom is -0.497 e. The lowest BCUT2D eigenvalue weighted by Gasteiger charge is -2.11. The smallest absolute Gasteiger partial charge is 0.274 e. The summed E-state index contributed by atoms with van der Waals surface area (Å²) in [5, 5.41) is 6.06. The standard InChI is InChI=1S/C22H18N4O3S/c1-13-6-8-16(24-21(28)18-5-3-4-10-23-18)15(11-13)20(27)26-22-25-17-9-7-14(29-2)12-19(17)30-22/h3-12H,1-2H3,(H,24,28)(H,25,26,27). The van der Waals surface area contributed by atoms with Crippen LogP contribution in [0, 0.1) is 6.92 Å². The van der Waals surface area contributed by atoms with Crippen molar-refractivity contribution in [2.75, 3.05) is 17.7 Å². The van der Waals surface area contributed by atoms with Crippen LogP contribution in [0.25, 0.3) is 10.2 Å². The zero-order chi connectivity index (χ0) is 21.1. The van der Waals surface area contributed by atoms with Crippen LogP contribution in [0.2, 0.25) is 0 Å². The number of methoxy groups -OCH3 is 1. The van der Waals surface area contributed by atoms with Crippen LogP contribution in [0.3, 0.4) is 0 Å². The molecule has 0 fully saturated rings. The number of hydrogen-bond acceptors (Lipinski definition) is 6. The summed E-state index contributed by atoms with van der Waals surface area (Å²) in [5.74, 6) is -0.0242. The summed E-state index contributed by atoms with van der Waals surface area (Å²) in [4.78, 5) is 33.9. The van der Waals surface area contributed by atoms with Crippen LogP contribution in [0.4, 0.5) is 10.8 Å². The Hall–Kier alpha value is -3.78. The van der Waals surface area contributed by atoms with E-state index in [4.69, 9.17) is 4.74 Å². The van der Waals surface area contributed by atoms with Crippen molar-refractivity contribution in [1.82, 2.24) is 9.97 Å². The number of benzene rings is 2. The van der Waals surface area contributed by atoms with Gasteiger partial charge in [0.15, 0.2) is 5.13 Å². The number of fused-ring (bicyclic) bond motifs is 1. The van der Waals surface area contributed by atoms with Gasteiger partial charge in [0, 0.05) is 6.20 Å². The number of nitrogens with one attached hydrogen (secondary N) is 2. The molecule has 0 saturated carbocycles. The SMILES string of the molecule is COc1ccc2nc(NC(=O)c3cc(C)ccc3NC(=O)c3ccccn3)sc2c1. The summed E-state index contributed by atoms with van der Waals surface area (Å²) in [7, 11) is 1.60. The van der Waals surface area contributed by atoms with E-state index in [9.17, 15) is 9.59 Å². The van der Waals surface area contributed by atoms with Crippen molar-refractivity contribution in [2.45, 2.75) is 6.92 Å². The Morgan fingerprint density at radius 2 is 1.87 bits per heavy atom. The van der Waals surface area contributed by atoms with E-state index in [2.05, 4.69) is 20.6 Å². The molecule has 8 heteroatoms. The third-order valence-electron chi connectivity index (χ3n) is 4.38. The first-order valence-electron chi connectivity index (χ1n) is 9.12. The van der Waals surface area contributed by atoms with E-state index >= 15 is 0 Å². The Bertz CT molecular complexity index is 1240. The average molecular weight is 418 g/mol. The molecule has 2 aromatic carbocycles. The molecule has 7 nitrogen and oxygen atoms in total. The van der Waals surface area contributed by atoms with Crippen LogP contribution in [0.15, 0.2) is 60.8 Å². The summed E-state index contributed by atoms with van der Waals surface area (Å²) in [6.45, 7) is 1.88. The monoisotopic (exact) mass is 418 g/mol. The quantitative estimate of drug-likeness (QED) is 0.497. The van der Waals surface area contributed by atoms with E-state index in [-0.39, 0.29) is 17.5 Å². The minimum atomic E-state index is -0.388. The molecule has 0 aliphatic carbocycles. The van der Waals surface area contributed by atoms with Gasteiger partial charge < -0.3 is 10.1 Å². The predicted octanol–water partition coefficient (Wildman–Crippen LogP) is 4.51. The van der Waals surface area contributed by atoms with Gasteiger partial charge in [-0.05, 0) is 49.4 Å². The molecule has 2 heterocycles. The van der Waals surface area contributed by atoms with Gasteiger partial charge in [-0.1, -0.05) is 29.0 Å². The lowest BCUT2D eigenvalue weighted by atomic mass is 10.1. The number of rotatable bonds is 5. The molecule has 4 aromatic rings. The van der Waals surface area contributed by atoms with Crippen LogP contribution >= 0.6 is 11.3 Å². The Morgan fingerprint density at radius 1 is 1.00 bits per heavy atom. The molecule has 30 heavy (non-hydrogen) atoms. The topological polar surface area (TPSA) is 93.2 Å². The minimum absolute atomic E-state index is 0.268. The van der Waals surface area contributed by atoms with E-state index in [0.29, 0.717) is 16.4 Å². The molecular formula is C22H18N4O3S. The zero-order valence-electron chi connectivity index (χ0n) is 16.3. The molecule has 2 amide bonds. The van der Waals surface area contributed by atoms with Crippen molar-refractivity contribution in [3.05, 3.63) is 77.6 Å². The third kappa shape index (κ3) is 4.13. The van der Waals surface area contributed by atoms with Gasteiger partial charge in [-0.2, -0.15) is 0 Å². The van der Waals surface area contributed by atoms with Gasteiger partial charge in [0.2, 0.25) is 0 Å². The van der Waals surface area contributed by atoms with Gasteiger partial charge >= 0.3 is 0 Å². The highest BCUT2D eigenvalue weighted by molar-refractivity contribution is 7.22. The first-order chi connectivity index (χ1) is 14.5. The maximum absolute atomic E-state index is 13.0. The van der Waals surface area contributed by atoms with Gasteiger partial charge in [-0.25, -0.2) is 4.98 Å². The average Bonchev–Trinajstić information content (AvgIpc) is 3.16. The Morgan fingerprint density at radius 3 is 2.63 bits per heavy atom. The summed E-state index contributed by atoms with van der Waals surface area (Å²) >= 11 is 1.35. The van der Waals surface area contributed by atoms with Gasteiger partial charge in [-0.15, -0.1) is 0 Å². The number of carbonyl (C=O) groups excluding carboxylic acids is 2. The molecule has 4 rings (SSSR count). The fraction of sp³-hybridized carbons (Fsp3) is 0.0909. The normalized spacial score (nSPS) is 10.6. The third-order valence-corrected chi connectivity index (χ3v) is 5.32. The number of anilines is 2. The van der Waals surface area contributed by atoms with E-state index in [1.165, 1.54) is 11.3 Å². The zero-order valence-corrected chi connectivity index (χ0v) is 17.1. The number of hydrogen-bond donors (Lipinski definition) is 2. The molecule has 0 aliphatic rings. The molecule has 0 saturated heterocycles. The first kappa shape index (κ1) is 19.5. The maximum Gasteiger partial charge on any atom is 0.274 e. The van der Waals surface area contributed by atoms with Crippen LogP contribution in [0.1, 0.15) is 26.4 Å². The number of nitrogens with zero attached hydrogens (tertiary/aromatic N) is 2. The molecule has 0 bridgehead atoms. The van der Waals surface area contributed by atoms with Gasteiger partial charge in [0.1, 0.15) is 11.4 Å². The van der Waals surface area contributed by atoms with E-state index < -0.39 is 0 Å². The number of pyridine rings is 1. The van der Waals surface area contributed by atoms with Crippen LogP contribution in [0.5, 0.6) is 5.75 Å². The van der Waals surface area contributed by atoms with Crippen LogP contribution in [-0.2, 0) is 0 Å². The lowest BCUT2D eigenvalue weighted by molar-refractivity contribution is 0.102. The van der Waals surface area contributed by atoms with Crippen molar-refractivity contribution in [1.29, 1.82) is 0 Å². The summed E-state index contributed by atoms with van der Waals surface area (Å²) in [6.07, 6.45) is 1.54. The molecule has 2 aromatic heterocycles. The molecule has 0 unspecified atom stereocenters. The number of thiazole rings is 1. The largest absolute Gasteiger partial charge is 0.497 e. The van der Waals surface area contributed by atoms with Crippen molar-refractivity contribution in [3.8, 4) is 5.75 Å². The molecule has 0 aliphatic heterocycles. The second kappa shape index (κ2) is 8.30. The summed E-state index contributed by atoms with van der Waals surface area (Å²) in [6, 6.07) is 15.8.